The van der Waals surface area contributed by atoms with Crippen LogP contribution in [0.15, 0.2) is 41.5 Å². The molecule has 112 valence electrons. The van der Waals surface area contributed by atoms with Gasteiger partial charge >= 0.3 is 0 Å². The minimum Gasteiger partial charge on any atom is -0.399 e. The molecule has 0 aliphatic carbocycles. The van der Waals surface area contributed by atoms with E-state index < -0.39 is 0 Å². The van der Waals surface area contributed by atoms with Gasteiger partial charge in [0.1, 0.15) is 0 Å². The van der Waals surface area contributed by atoms with E-state index in [1.807, 2.05) is 57.0 Å². The molecule has 21 heavy (non-hydrogen) atoms. The normalized spacial score (nSPS) is 11.4. The maximum absolute atomic E-state index is 12.5. The SMILES string of the molecule is CN(Cc1ccc(N)cc1)c1nccn(C(C)(C)C)c1=O. The van der Waals surface area contributed by atoms with Gasteiger partial charge < -0.3 is 15.2 Å². The Balaban J connectivity index is 2.30. The molecule has 2 rings (SSSR count). The Morgan fingerprint density at radius 2 is 1.86 bits per heavy atom. The van der Waals surface area contributed by atoms with Crippen LogP contribution in [0.1, 0.15) is 26.3 Å². The zero-order valence-electron chi connectivity index (χ0n) is 13.0. The molecule has 0 aliphatic heterocycles. The molecule has 5 heteroatoms. The molecule has 0 spiro atoms. The number of rotatable bonds is 3. The molecule has 1 aromatic heterocycles. The Morgan fingerprint density at radius 1 is 1.24 bits per heavy atom. The standard InChI is InChI=1S/C16H22N4O/c1-16(2,3)20-10-9-18-14(15(20)21)19(4)11-12-5-7-13(17)8-6-12/h5-10H,11,17H2,1-4H3. The van der Waals surface area contributed by atoms with Crippen LogP contribution in [0.4, 0.5) is 11.5 Å². The van der Waals surface area contributed by atoms with Crippen molar-refractivity contribution in [2.45, 2.75) is 32.9 Å². The average Bonchev–Trinajstić information content (AvgIpc) is 2.40. The number of hydrogen-bond donors (Lipinski definition) is 1. The van der Waals surface area contributed by atoms with Crippen LogP contribution in [-0.2, 0) is 12.1 Å². The first-order valence-corrected chi connectivity index (χ1v) is 6.93. The summed E-state index contributed by atoms with van der Waals surface area (Å²) >= 11 is 0. The molecule has 0 unspecified atom stereocenters. The average molecular weight is 286 g/mol. The lowest BCUT2D eigenvalue weighted by atomic mass is 10.1. The summed E-state index contributed by atoms with van der Waals surface area (Å²) in [5.74, 6) is 0.448. The molecule has 5 nitrogen and oxygen atoms in total. The fourth-order valence-electron chi connectivity index (χ4n) is 2.16. The lowest BCUT2D eigenvalue weighted by Crippen LogP contribution is -2.37. The van der Waals surface area contributed by atoms with Crippen LogP contribution in [0.3, 0.4) is 0 Å². The third-order valence-corrected chi connectivity index (χ3v) is 3.31. The van der Waals surface area contributed by atoms with Crippen LogP contribution in [0.5, 0.6) is 0 Å². The van der Waals surface area contributed by atoms with Crippen LogP contribution in [0.2, 0.25) is 0 Å². The lowest BCUT2D eigenvalue weighted by molar-refractivity contribution is 0.382. The van der Waals surface area contributed by atoms with E-state index in [9.17, 15) is 4.79 Å². The van der Waals surface area contributed by atoms with Crippen LogP contribution < -0.4 is 16.2 Å². The second-order valence-corrected chi connectivity index (χ2v) is 6.19. The highest BCUT2D eigenvalue weighted by molar-refractivity contribution is 5.41. The summed E-state index contributed by atoms with van der Waals surface area (Å²) in [4.78, 5) is 18.6. The van der Waals surface area contributed by atoms with Gasteiger partial charge in [0.25, 0.3) is 5.56 Å². The molecule has 1 aromatic carbocycles. The van der Waals surface area contributed by atoms with Gasteiger partial charge in [-0.1, -0.05) is 12.1 Å². The number of nitrogens with two attached hydrogens (primary N) is 1. The first-order valence-electron chi connectivity index (χ1n) is 6.93. The molecule has 0 bridgehead atoms. The van der Waals surface area contributed by atoms with Gasteiger partial charge in [0.2, 0.25) is 0 Å². The minimum atomic E-state index is -0.267. The Labute approximate surface area is 125 Å². The first-order chi connectivity index (χ1) is 9.79. The Hall–Kier alpha value is -2.30. The van der Waals surface area contributed by atoms with Crippen molar-refractivity contribution >= 4 is 11.5 Å². The van der Waals surface area contributed by atoms with Crippen molar-refractivity contribution < 1.29 is 0 Å². The number of hydrogen-bond acceptors (Lipinski definition) is 4. The monoisotopic (exact) mass is 286 g/mol. The van der Waals surface area contributed by atoms with E-state index in [4.69, 9.17) is 5.73 Å². The fourth-order valence-corrected chi connectivity index (χ4v) is 2.16. The van der Waals surface area contributed by atoms with Gasteiger partial charge in [-0.3, -0.25) is 4.79 Å². The molecule has 0 atom stereocenters. The third-order valence-electron chi connectivity index (χ3n) is 3.31. The molecular weight excluding hydrogens is 264 g/mol. The molecule has 0 amide bonds. The summed E-state index contributed by atoms with van der Waals surface area (Å²) in [5, 5.41) is 0. The highest BCUT2D eigenvalue weighted by Crippen LogP contribution is 2.14. The number of aromatic nitrogens is 2. The van der Waals surface area contributed by atoms with Crippen molar-refractivity contribution in [1.82, 2.24) is 9.55 Å². The quantitative estimate of drug-likeness (QED) is 0.879. The van der Waals surface area contributed by atoms with Crippen molar-refractivity contribution in [1.29, 1.82) is 0 Å². The second-order valence-electron chi connectivity index (χ2n) is 6.19. The predicted molar refractivity (Wildman–Crippen MR) is 86.5 cm³/mol. The minimum absolute atomic E-state index is 0.0806. The van der Waals surface area contributed by atoms with Crippen LogP contribution in [-0.4, -0.2) is 16.6 Å². The van der Waals surface area contributed by atoms with Crippen molar-refractivity contribution in [2.24, 2.45) is 0 Å². The summed E-state index contributed by atoms with van der Waals surface area (Å²) in [6.45, 7) is 6.60. The van der Waals surface area contributed by atoms with Gasteiger partial charge in [0.15, 0.2) is 5.82 Å². The second kappa shape index (κ2) is 5.60. The maximum Gasteiger partial charge on any atom is 0.293 e. The van der Waals surface area contributed by atoms with Crippen LogP contribution >= 0.6 is 0 Å². The van der Waals surface area contributed by atoms with E-state index in [2.05, 4.69) is 4.98 Å². The molecular formula is C16H22N4O. The van der Waals surface area contributed by atoms with Crippen molar-refractivity contribution in [3.05, 3.63) is 52.6 Å². The largest absolute Gasteiger partial charge is 0.399 e. The Kier molecular flexibility index (Phi) is 4.02. The smallest absolute Gasteiger partial charge is 0.293 e. The van der Waals surface area contributed by atoms with E-state index in [-0.39, 0.29) is 11.1 Å². The van der Waals surface area contributed by atoms with Gasteiger partial charge in [-0.25, -0.2) is 4.98 Å². The zero-order valence-corrected chi connectivity index (χ0v) is 13.0. The van der Waals surface area contributed by atoms with Crippen molar-refractivity contribution in [3.8, 4) is 0 Å². The van der Waals surface area contributed by atoms with Gasteiger partial charge in [-0.2, -0.15) is 0 Å². The highest BCUT2D eigenvalue weighted by atomic mass is 16.1. The summed E-state index contributed by atoms with van der Waals surface area (Å²) in [6, 6.07) is 7.62. The molecule has 0 aliphatic rings. The summed E-state index contributed by atoms with van der Waals surface area (Å²) in [7, 11) is 1.87. The molecule has 1 heterocycles. The van der Waals surface area contributed by atoms with Gasteiger partial charge in [-0.05, 0) is 38.5 Å². The molecule has 0 radical (unpaired) electrons. The lowest BCUT2D eigenvalue weighted by Gasteiger charge is -2.25. The number of nitrogen functional groups attached to an aromatic ring is 1. The zero-order chi connectivity index (χ0) is 15.6. The van der Waals surface area contributed by atoms with Gasteiger partial charge in [0, 0.05) is 37.2 Å². The van der Waals surface area contributed by atoms with E-state index in [1.54, 1.807) is 17.0 Å². The summed E-state index contributed by atoms with van der Waals surface area (Å²) < 4.78 is 1.70. The molecule has 0 saturated carbocycles. The van der Waals surface area contributed by atoms with Crippen molar-refractivity contribution in [3.63, 3.8) is 0 Å². The number of nitrogens with zero attached hydrogens (tertiary/aromatic N) is 3. The van der Waals surface area contributed by atoms with E-state index in [0.29, 0.717) is 12.4 Å². The molecule has 2 aromatic rings. The number of anilines is 2. The van der Waals surface area contributed by atoms with Gasteiger partial charge in [0.05, 0.1) is 0 Å². The maximum atomic E-state index is 12.5. The predicted octanol–water partition coefficient (Wildman–Crippen LogP) is 2.22. The van der Waals surface area contributed by atoms with Gasteiger partial charge in [-0.15, -0.1) is 0 Å². The Bertz CT molecular complexity index is 668. The topological polar surface area (TPSA) is 64.2 Å². The fraction of sp³-hybridized carbons (Fsp3) is 0.375. The van der Waals surface area contributed by atoms with Crippen molar-refractivity contribution in [2.75, 3.05) is 17.7 Å². The molecule has 2 N–H and O–H groups in total. The third kappa shape index (κ3) is 3.42. The first kappa shape index (κ1) is 15.1. The van der Waals surface area contributed by atoms with Crippen LogP contribution in [0, 0.1) is 0 Å². The molecule has 0 fully saturated rings. The summed E-state index contributed by atoms with van der Waals surface area (Å²) in [6.07, 6.45) is 3.39. The Morgan fingerprint density at radius 3 is 2.43 bits per heavy atom. The number of benzene rings is 1. The van der Waals surface area contributed by atoms with E-state index >= 15 is 0 Å². The van der Waals surface area contributed by atoms with Crippen LogP contribution in [0.25, 0.3) is 0 Å². The molecule has 0 saturated heterocycles. The van der Waals surface area contributed by atoms with E-state index in [1.165, 1.54) is 0 Å². The highest BCUT2D eigenvalue weighted by Gasteiger charge is 2.18. The summed E-state index contributed by atoms with van der Waals surface area (Å²) in [5.41, 5.74) is 7.15. The van der Waals surface area contributed by atoms with E-state index in [0.717, 1.165) is 11.3 Å².